The number of nitrogens with zero attached hydrogens (tertiary/aromatic N) is 1. The van der Waals surface area contributed by atoms with Crippen LogP contribution in [0.4, 0.5) is 0 Å². The third kappa shape index (κ3) is 6.83. The first-order valence-electron chi connectivity index (χ1n) is 9.55. The highest BCUT2D eigenvalue weighted by Crippen LogP contribution is 2.27. The highest BCUT2D eigenvalue weighted by molar-refractivity contribution is 5.85. The molecule has 26 heavy (non-hydrogen) atoms. The fourth-order valence-corrected chi connectivity index (χ4v) is 2.82. The zero-order valence-corrected chi connectivity index (χ0v) is 15.9. The Labute approximate surface area is 157 Å². The van der Waals surface area contributed by atoms with Gasteiger partial charge in [-0.1, -0.05) is 62.7 Å². The minimum Gasteiger partial charge on any atom is -0.489 e. The number of unbranched alkanes of at least 4 members (excludes halogenated alkanes) is 2. The van der Waals surface area contributed by atoms with E-state index in [0.29, 0.717) is 13.0 Å². The van der Waals surface area contributed by atoms with Crippen LogP contribution in [0.2, 0.25) is 0 Å². The molecule has 0 saturated heterocycles. The third-order valence-corrected chi connectivity index (χ3v) is 4.41. The third-order valence-electron chi connectivity index (χ3n) is 4.41. The number of aliphatic imine (C=N–C) groups is 1. The summed E-state index contributed by atoms with van der Waals surface area (Å²) in [7, 11) is 0. The van der Waals surface area contributed by atoms with Gasteiger partial charge >= 0.3 is 0 Å². The van der Waals surface area contributed by atoms with Crippen LogP contribution in [0, 0.1) is 0 Å². The van der Waals surface area contributed by atoms with Gasteiger partial charge in [-0.05, 0) is 48.4 Å². The molecule has 1 atom stereocenters. The number of hydrogen-bond donors (Lipinski definition) is 0. The summed E-state index contributed by atoms with van der Waals surface area (Å²) in [6.45, 7) is 4.79. The van der Waals surface area contributed by atoms with E-state index < -0.39 is 0 Å². The van der Waals surface area contributed by atoms with Crippen LogP contribution < -0.4 is 4.74 Å². The van der Waals surface area contributed by atoms with Crippen molar-refractivity contribution in [3.63, 3.8) is 0 Å². The highest BCUT2D eigenvalue weighted by atomic mass is 16.5. The second kappa shape index (κ2) is 11.2. The largest absolute Gasteiger partial charge is 0.489 e. The lowest BCUT2D eigenvalue weighted by molar-refractivity contribution is -0.118. The quantitative estimate of drug-likeness (QED) is 0.393. The molecule has 0 aromatic heterocycles. The number of carbonyl (C=O) groups excluding carboxylic acids is 1. The molecule has 2 aromatic carbocycles. The molecule has 0 radical (unpaired) electrons. The Morgan fingerprint density at radius 3 is 2.65 bits per heavy atom. The molecule has 0 aliphatic rings. The molecule has 1 amide bonds. The van der Waals surface area contributed by atoms with Gasteiger partial charge in [-0.15, -0.1) is 0 Å². The summed E-state index contributed by atoms with van der Waals surface area (Å²) < 4.78 is 5.91. The van der Waals surface area contributed by atoms with Gasteiger partial charge in [0, 0.05) is 12.6 Å². The lowest BCUT2D eigenvalue weighted by atomic mass is 9.93. The summed E-state index contributed by atoms with van der Waals surface area (Å²) in [5, 5.41) is 0. The van der Waals surface area contributed by atoms with Crippen molar-refractivity contribution in [2.24, 2.45) is 4.99 Å². The van der Waals surface area contributed by atoms with E-state index in [1.165, 1.54) is 0 Å². The Morgan fingerprint density at radius 2 is 1.92 bits per heavy atom. The Bertz CT molecular complexity index is 694. The molecule has 2 aromatic rings. The summed E-state index contributed by atoms with van der Waals surface area (Å²) in [6, 6.07) is 18.2. The lowest BCUT2D eigenvalue weighted by Crippen LogP contribution is -2.05. The first kappa shape index (κ1) is 19.9. The molecule has 0 N–H and O–H groups in total. The number of ether oxygens (including phenoxy) is 1. The van der Waals surface area contributed by atoms with Gasteiger partial charge < -0.3 is 4.74 Å². The predicted molar refractivity (Wildman–Crippen MR) is 108 cm³/mol. The standard InChI is InChI=1S/C23H29NO2/c1-3-5-9-15-24-23(25)17-20(4-2)21-13-10-14-22(16-21)26-18-19-11-7-6-8-12-19/h6-8,10-16,20H,3-5,9,17-18H2,1-2H3/t20-/m1/s1. The first-order valence-corrected chi connectivity index (χ1v) is 9.55. The van der Waals surface area contributed by atoms with Crippen LogP contribution in [-0.4, -0.2) is 12.1 Å². The molecule has 0 saturated carbocycles. The molecule has 3 nitrogen and oxygen atoms in total. The SMILES string of the molecule is CCCCC=NC(=O)C[C@@H](CC)c1cccc(OCc2ccccc2)c1. The minimum atomic E-state index is -0.0384. The molecular weight excluding hydrogens is 322 g/mol. The molecule has 138 valence electrons. The molecule has 0 heterocycles. The first-order chi connectivity index (χ1) is 12.7. The maximum atomic E-state index is 12.1. The van der Waals surface area contributed by atoms with Gasteiger partial charge in [-0.25, -0.2) is 4.99 Å². The minimum absolute atomic E-state index is 0.0384. The number of hydrogen-bond acceptors (Lipinski definition) is 2. The fraction of sp³-hybridized carbons (Fsp3) is 0.391. The van der Waals surface area contributed by atoms with E-state index in [2.05, 4.69) is 24.9 Å². The molecule has 0 unspecified atom stereocenters. The smallest absolute Gasteiger partial charge is 0.245 e. The van der Waals surface area contributed by atoms with Crippen LogP contribution in [0.5, 0.6) is 5.75 Å². The monoisotopic (exact) mass is 351 g/mol. The van der Waals surface area contributed by atoms with Crippen LogP contribution in [-0.2, 0) is 11.4 Å². The number of carbonyl (C=O) groups is 1. The van der Waals surface area contributed by atoms with Crippen molar-refractivity contribution in [2.45, 2.75) is 58.5 Å². The highest BCUT2D eigenvalue weighted by Gasteiger charge is 2.14. The van der Waals surface area contributed by atoms with Gasteiger partial charge in [-0.2, -0.15) is 0 Å². The van der Waals surface area contributed by atoms with Crippen molar-refractivity contribution in [3.05, 3.63) is 65.7 Å². The van der Waals surface area contributed by atoms with Gasteiger partial charge in [0.1, 0.15) is 12.4 Å². The van der Waals surface area contributed by atoms with E-state index in [0.717, 1.165) is 42.6 Å². The maximum Gasteiger partial charge on any atom is 0.245 e. The number of benzene rings is 2. The summed E-state index contributed by atoms with van der Waals surface area (Å²) in [6.07, 6.45) is 6.18. The zero-order valence-electron chi connectivity index (χ0n) is 15.9. The van der Waals surface area contributed by atoms with Crippen molar-refractivity contribution in [2.75, 3.05) is 0 Å². The number of rotatable bonds is 10. The van der Waals surface area contributed by atoms with Gasteiger partial charge in [0.2, 0.25) is 5.91 Å². The van der Waals surface area contributed by atoms with Crippen LogP contribution in [0.1, 0.15) is 63.0 Å². The molecule has 0 aliphatic heterocycles. The van der Waals surface area contributed by atoms with Gasteiger partial charge in [0.15, 0.2) is 0 Å². The van der Waals surface area contributed by atoms with Crippen molar-refractivity contribution in [1.82, 2.24) is 0 Å². The van der Waals surface area contributed by atoms with Crippen LogP contribution in [0.15, 0.2) is 59.6 Å². The normalized spacial score (nSPS) is 12.2. The zero-order chi connectivity index (χ0) is 18.6. The fourth-order valence-electron chi connectivity index (χ4n) is 2.82. The van der Waals surface area contributed by atoms with Gasteiger partial charge in [0.05, 0.1) is 0 Å². The van der Waals surface area contributed by atoms with Crippen molar-refractivity contribution < 1.29 is 9.53 Å². The van der Waals surface area contributed by atoms with E-state index in [1.54, 1.807) is 6.21 Å². The van der Waals surface area contributed by atoms with Crippen molar-refractivity contribution >= 4 is 12.1 Å². The van der Waals surface area contributed by atoms with E-state index in [4.69, 9.17) is 4.74 Å². The maximum absolute atomic E-state index is 12.1. The van der Waals surface area contributed by atoms with E-state index in [1.807, 2.05) is 48.5 Å². The van der Waals surface area contributed by atoms with E-state index in [-0.39, 0.29) is 11.8 Å². The van der Waals surface area contributed by atoms with E-state index in [9.17, 15) is 4.79 Å². The molecule has 2 rings (SSSR count). The van der Waals surface area contributed by atoms with Crippen LogP contribution in [0.25, 0.3) is 0 Å². The Balaban J connectivity index is 1.95. The average molecular weight is 351 g/mol. The van der Waals surface area contributed by atoms with Crippen molar-refractivity contribution in [3.8, 4) is 5.75 Å². The molecule has 0 spiro atoms. The molecule has 3 heteroatoms. The summed E-state index contributed by atoms with van der Waals surface area (Å²) >= 11 is 0. The number of amides is 1. The Hall–Kier alpha value is -2.42. The summed E-state index contributed by atoms with van der Waals surface area (Å²) in [5.41, 5.74) is 2.27. The van der Waals surface area contributed by atoms with Gasteiger partial charge in [-0.3, -0.25) is 4.79 Å². The molecule has 0 fully saturated rings. The van der Waals surface area contributed by atoms with E-state index >= 15 is 0 Å². The molecule has 0 aliphatic carbocycles. The second-order valence-electron chi connectivity index (χ2n) is 6.50. The van der Waals surface area contributed by atoms with Crippen molar-refractivity contribution in [1.29, 1.82) is 0 Å². The predicted octanol–water partition coefficient (Wildman–Crippen LogP) is 5.94. The topological polar surface area (TPSA) is 38.7 Å². The lowest BCUT2D eigenvalue weighted by Gasteiger charge is -2.15. The van der Waals surface area contributed by atoms with Crippen LogP contribution in [0.3, 0.4) is 0 Å². The Morgan fingerprint density at radius 1 is 1.12 bits per heavy atom. The molecule has 0 bridgehead atoms. The summed E-state index contributed by atoms with van der Waals surface area (Å²) in [5.74, 6) is 0.971. The Kier molecular flexibility index (Phi) is 8.61. The second-order valence-corrected chi connectivity index (χ2v) is 6.50. The van der Waals surface area contributed by atoms with Crippen LogP contribution >= 0.6 is 0 Å². The average Bonchev–Trinajstić information content (AvgIpc) is 2.69. The summed E-state index contributed by atoms with van der Waals surface area (Å²) in [4.78, 5) is 16.2. The van der Waals surface area contributed by atoms with Gasteiger partial charge in [0.25, 0.3) is 0 Å². The molecular formula is C23H29NO2.